The van der Waals surface area contributed by atoms with Crippen molar-refractivity contribution < 1.29 is 17.9 Å². The van der Waals surface area contributed by atoms with Gasteiger partial charge in [0.1, 0.15) is 0 Å². The maximum Gasteiger partial charge on any atom is 0.334 e. The lowest BCUT2D eigenvalue weighted by Crippen LogP contribution is -2.16. The summed E-state index contributed by atoms with van der Waals surface area (Å²) in [5.41, 5.74) is 1.68. The molecule has 24 heavy (non-hydrogen) atoms. The second kappa shape index (κ2) is 7.64. The number of benzene rings is 2. The van der Waals surface area contributed by atoms with Crippen LogP contribution in [0.4, 0.5) is 0 Å². The molecule has 0 aliphatic heterocycles. The van der Waals surface area contributed by atoms with Crippen LogP contribution in [-0.4, -0.2) is 27.2 Å². The van der Waals surface area contributed by atoms with Crippen molar-refractivity contribution in [2.45, 2.75) is 11.8 Å². The van der Waals surface area contributed by atoms with Gasteiger partial charge in [0.25, 0.3) is 0 Å². The van der Waals surface area contributed by atoms with Gasteiger partial charge in [0.15, 0.2) is 9.84 Å². The van der Waals surface area contributed by atoms with Crippen molar-refractivity contribution in [3.63, 3.8) is 0 Å². The predicted molar refractivity (Wildman–Crippen MR) is 94.7 cm³/mol. The Morgan fingerprint density at radius 1 is 1.08 bits per heavy atom. The van der Waals surface area contributed by atoms with Crippen LogP contribution in [0.3, 0.4) is 0 Å². The Bertz CT molecular complexity index is 851. The zero-order chi connectivity index (χ0) is 17.7. The van der Waals surface area contributed by atoms with E-state index in [0.717, 1.165) is 5.56 Å². The van der Waals surface area contributed by atoms with Gasteiger partial charge in [-0.2, -0.15) is 0 Å². The number of sulfone groups is 1. The van der Waals surface area contributed by atoms with Crippen LogP contribution >= 0.6 is 11.6 Å². The number of carbonyl (C=O) groups excluding carboxylic acids is 1. The molecule has 4 nitrogen and oxygen atoms in total. The lowest BCUT2D eigenvalue weighted by molar-refractivity contribution is -0.135. The van der Waals surface area contributed by atoms with E-state index in [1.165, 1.54) is 25.3 Å². The standard InChI is InChI=1S/C18H17ClO4S/c1-13-3-9-17(10-4-13)24(21,22)12-15(18(20)23-2)11-14-5-7-16(19)8-6-14/h3-11H,12H2,1-2H3/b15-11-. The van der Waals surface area contributed by atoms with Crippen LogP contribution in [0, 0.1) is 6.92 Å². The molecule has 2 rings (SSSR count). The van der Waals surface area contributed by atoms with Crippen molar-refractivity contribution in [3.8, 4) is 0 Å². The Hall–Kier alpha value is -2.11. The fourth-order valence-corrected chi connectivity index (χ4v) is 3.54. The molecule has 0 aliphatic carbocycles. The molecule has 2 aromatic carbocycles. The summed E-state index contributed by atoms with van der Waals surface area (Å²) in [4.78, 5) is 12.1. The van der Waals surface area contributed by atoms with Gasteiger partial charge in [0.2, 0.25) is 0 Å². The summed E-state index contributed by atoms with van der Waals surface area (Å²) in [5, 5.41) is 0.555. The lowest BCUT2D eigenvalue weighted by Gasteiger charge is -2.08. The van der Waals surface area contributed by atoms with E-state index >= 15 is 0 Å². The van der Waals surface area contributed by atoms with Crippen molar-refractivity contribution in [1.29, 1.82) is 0 Å². The number of rotatable bonds is 5. The van der Waals surface area contributed by atoms with E-state index in [9.17, 15) is 13.2 Å². The minimum absolute atomic E-state index is 0.0559. The maximum atomic E-state index is 12.5. The summed E-state index contributed by atoms with van der Waals surface area (Å²) < 4.78 is 29.8. The van der Waals surface area contributed by atoms with Crippen LogP contribution in [0.15, 0.2) is 59.0 Å². The van der Waals surface area contributed by atoms with E-state index in [1.807, 2.05) is 6.92 Å². The molecule has 6 heteroatoms. The zero-order valence-corrected chi connectivity index (χ0v) is 14.9. The molecule has 0 saturated heterocycles. The quantitative estimate of drug-likeness (QED) is 0.599. The lowest BCUT2D eigenvalue weighted by atomic mass is 10.1. The Kier molecular flexibility index (Phi) is 5.80. The molecule has 0 saturated carbocycles. The normalized spacial score (nSPS) is 12.0. The van der Waals surface area contributed by atoms with Gasteiger partial charge in [0.05, 0.1) is 23.3 Å². The molecule has 0 heterocycles. The van der Waals surface area contributed by atoms with Crippen molar-refractivity contribution in [3.05, 3.63) is 70.3 Å². The third kappa shape index (κ3) is 4.69. The first-order valence-electron chi connectivity index (χ1n) is 7.16. The topological polar surface area (TPSA) is 60.4 Å². The third-order valence-corrected chi connectivity index (χ3v) is 5.32. The average Bonchev–Trinajstić information content (AvgIpc) is 2.55. The smallest absolute Gasteiger partial charge is 0.334 e. The van der Waals surface area contributed by atoms with Gasteiger partial charge in [-0.05, 0) is 42.8 Å². The number of methoxy groups -OCH3 is 1. The fourth-order valence-electron chi connectivity index (χ4n) is 2.08. The average molecular weight is 365 g/mol. The highest BCUT2D eigenvalue weighted by Gasteiger charge is 2.21. The molecule has 0 aliphatic rings. The summed E-state index contributed by atoms with van der Waals surface area (Å²) in [7, 11) is -2.44. The number of hydrogen-bond acceptors (Lipinski definition) is 4. The summed E-state index contributed by atoms with van der Waals surface area (Å²) in [6, 6.07) is 13.2. The highest BCUT2D eigenvalue weighted by Crippen LogP contribution is 2.18. The molecule has 0 amide bonds. The minimum atomic E-state index is -3.65. The zero-order valence-electron chi connectivity index (χ0n) is 13.3. The molecule has 0 spiro atoms. The van der Waals surface area contributed by atoms with Gasteiger partial charge in [0, 0.05) is 5.02 Å². The van der Waals surface area contributed by atoms with E-state index in [-0.39, 0.29) is 10.5 Å². The Morgan fingerprint density at radius 2 is 1.67 bits per heavy atom. The van der Waals surface area contributed by atoms with Crippen LogP contribution in [0.5, 0.6) is 0 Å². The van der Waals surface area contributed by atoms with E-state index in [0.29, 0.717) is 10.6 Å². The first-order valence-corrected chi connectivity index (χ1v) is 9.19. The monoisotopic (exact) mass is 364 g/mol. The SMILES string of the molecule is COC(=O)/C(=C\c1ccc(Cl)cc1)CS(=O)(=O)c1ccc(C)cc1. The van der Waals surface area contributed by atoms with Crippen LogP contribution in [0.1, 0.15) is 11.1 Å². The largest absolute Gasteiger partial charge is 0.466 e. The van der Waals surface area contributed by atoms with Gasteiger partial charge in [-0.25, -0.2) is 13.2 Å². The molecular weight excluding hydrogens is 348 g/mol. The molecule has 0 fully saturated rings. The maximum absolute atomic E-state index is 12.5. The Morgan fingerprint density at radius 3 is 2.21 bits per heavy atom. The predicted octanol–water partition coefficient (Wildman–Crippen LogP) is 3.68. The molecule has 0 atom stereocenters. The first-order chi connectivity index (χ1) is 11.3. The third-order valence-electron chi connectivity index (χ3n) is 3.38. The van der Waals surface area contributed by atoms with Crippen LogP contribution in [0.2, 0.25) is 5.02 Å². The fraction of sp³-hybridized carbons (Fsp3) is 0.167. The minimum Gasteiger partial charge on any atom is -0.466 e. The van der Waals surface area contributed by atoms with Gasteiger partial charge >= 0.3 is 5.97 Å². The second-order valence-corrected chi connectivity index (χ2v) is 7.71. The van der Waals surface area contributed by atoms with Gasteiger partial charge in [-0.15, -0.1) is 0 Å². The van der Waals surface area contributed by atoms with Crippen molar-refractivity contribution in [1.82, 2.24) is 0 Å². The van der Waals surface area contributed by atoms with E-state index in [1.54, 1.807) is 36.4 Å². The second-order valence-electron chi connectivity index (χ2n) is 5.28. The Balaban J connectivity index is 2.37. The van der Waals surface area contributed by atoms with Crippen molar-refractivity contribution >= 4 is 33.5 Å². The molecule has 0 N–H and O–H groups in total. The highest BCUT2D eigenvalue weighted by molar-refractivity contribution is 7.91. The van der Waals surface area contributed by atoms with E-state index < -0.39 is 21.6 Å². The number of carbonyl (C=O) groups is 1. The molecule has 0 bridgehead atoms. The number of halogens is 1. The molecule has 0 radical (unpaired) electrons. The molecule has 0 aromatic heterocycles. The molecule has 2 aromatic rings. The highest BCUT2D eigenvalue weighted by atomic mass is 35.5. The molecule has 126 valence electrons. The van der Waals surface area contributed by atoms with E-state index in [2.05, 4.69) is 0 Å². The van der Waals surface area contributed by atoms with Crippen molar-refractivity contribution in [2.75, 3.05) is 12.9 Å². The van der Waals surface area contributed by atoms with Crippen molar-refractivity contribution in [2.24, 2.45) is 0 Å². The summed E-state index contributed by atoms with van der Waals surface area (Å²) in [6.45, 7) is 1.87. The van der Waals surface area contributed by atoms with Gasteiger partial charge in [-0.1, -0.05) is 41.4 Å². The first kappa shape index (κ1) is 18.2. The molecule has 0 unspecified atom stereocenters. The summed E-state index contributed by atoms with van der Waals surface area (Å²) in [6.07, 6.45) is 1.49. The Labute approximate surface area is 146 Å². The van der Waals surface area contributed by atoms with Crippen LogP contribution < -0.4 is 0 Å². The number of aryl methyl sites for hydroxylation is 1. The van der Waals surface area contributed by atoms with Crippen LogP contribution in [0.25, 0.3) is 6.08 Å². The number of ether oxygens (including phenoxy) is 1. The number of hydrogen-bond donors (Lipinski definition) is 0. The molecular formula is C18H17ClO4S. The van der Waals surface area contributed by atoms with Crippen LogP contribution in [-0.2, 0) is 19.4 Å². The van der Waals surface area contributed by atoms with Gasteiger partial charge in [-0.3, -0.25) is 0 Å². The number of esters is 1. The van der Waals surface area contributed by atoms with E-state index in [4.69, 9.17) is 16.3 Å². The summed E-state index contributed by atoms with van der Waals surface area (Å²) in [5.74, 6) is -1.12. The summed E-state index contributed by atoms with van der Waals surface area (Å²) >= 11 is 5.83. The van der Waals surface area contributed by atoms with Gasteiger partial charge < -0.3 is 4.74 Å².